The van der Waals surface area contributed by atoms with E-state index in [1.165, 1.54) is 0 Å². The highest BCUT2D eigenvalue weighted by Gasteiger charge is 2.44. The summed E-state index contributed by atoms with van der Waals surface area (Å²) in [5.74, 6) is 0.209. The maximum atomic E-state index is 12.0. The number of carbonyl (C=O) groups is 1. The first kappa shape index (κ1) is 17.7. The predicted octanol–water partition coefficient (Wildman–Crippen LogP) is 1.61. The van der Waals surface area contributed by atoms with Crippen molar-refractivity contribution in [2.24, 2.45) is 5.41 Å². The minimum atomic E-state index is -0.169. The maximum absolute atomic E-state index is 12.0. The van der Waals surface area contributed by atoms with Gasteiger partial charge < -0.3 is 15.6 Å². The van der Waals surface area contributed by atoms with Crippen LogP contribution < -0.4 is 10.7 Å². The summed E-state index contributed by atoms with van der Waals surface area (Å²) in [6.07, 6.45) is 6.04. The molecule has 0 saturated carbocycles. The van der Waals surface area contributed by atoms with E-state index in [4.69, 9.17) is 11.6 Å². The average Bonchev–Trinajstić information content (AvgIpc) is 2.88. The molecule has 2 N–H and O–H groups in total. The molecule has 2 aliphatic heterocycles. The van der Waals surface area contributed by atoms with Gasteiger partial charge in [-0.25, -0.2) is 0 Å². The number of carbonyl (C=O) groups excluding carboxylic acids is 1. The Bertz CT molecular complexity index is 511. The second-order valence-corrected chi connectivity index (χ2v) is 6.53. The Labute approximate surface area is 143 Å². The van der Waals surface area contributed by atoms with Crippen molar-refractivity contribution in [1.29, 1.82) is 0 Å². The van der Waals surface area contributed by atoms with Crippen LogP contribution in [-0.2, 0) is 4.79 Å². The number of amides is 1. The smallest absolute Gasteiger partial charge is 0.226 e. The zero-order chi connectivity index (χ0) is 17.0. The molecule has 0 aromatic heterocycles. The van der Waals surface area contributed by atoms with Crippen LogP contribution in [0.15, 0.2) is 36.3 Å². The molecule has 0 aromatic carbocycles. The van der Waals surface area contributed by atoms with Gasteiger partial charge in [0.05, 0.1) is 10.4 Å². The van der Waals surface area contributed by atoms with Gasteiger partial charge in [0.25, 0.3) is 0 Å². The third-order valence-electron chi connectivity index (χ3n) is 4.80. The monoisotopic (exact) mass is 339 g/mol. The molecule has 0 radical (unpaired) electrons. The molecule has 0 aromatic rings. The van der Waals surface area contributed by atoms with Crippen LogP contribution in [0.1, 0.15) is 19.3 Å². The number of hydrogen-bond donors (Lipinski definition) is 2. The summed E-state index contributed by atoms with van der Waals surface area (Å²) >= 11 is 6.40. The van der Waals surface area contributed by atoms with Crippen molar-refractivity contribution in [3.63, 3.8) is 0 Å². The summed E-state index contributed by atoms with van der Waals surface area (Å²) in [4.78, 5) is 14.2. The van der Waals surface area contributed by atoms with Crippen LogP contribution in [0.4, 0.5) is 0 Å². The molecule has 7 heteroatoms. The first-order valence-electron chi connectivity index (χ1n) is 7.83. The first-order chi connectivity index (χ1) is 10.9. The quantitative estimate of drug-likeness (QED) is 0.569. The molecule has 0 unspecified atom stereocenters. The van der Waals surface area contributed by atoms with Crippen molar-refractivity contribution < 1.29 is 4.79 Å². The lowest BCUT2D eigenvalue weighted by Gasteiger charge is -2.39. The van der Waals surface area contributed by atoms with Gasteiger partial charge in [-0.1, -0.05) is 24.8 Å². The Morgan fingerprint density at radius 1 is 1.39 bits per heavy atom. The topological polar surface area (TPSA) is 50.9 Å². The normalized spacial score (nSPS) is 20.6. The fraction of sp³-hybridized carbons (Fsp3) is 0.562. The van der Waals surface area contributed by atoms with Gasteiger partial charge in [0.2, 0.25) is 5.91 Å². The maximum Gasteiger partial charge on any atom is 0.226 e. The second kappa shape index (κ2) is 7.27. The van der Waals surface area contributed by atoms with Gasteiger partial charge in [0, 0.05) is 51.8 Å². The number of allylic oxidation sites excluding steroid dienone is 1. The zero-order valence-electron chi connectivity index (χ0n) is 13.9. The van der Waals surface area contributed by atoms with E-state index >= 15 is 0 Å². The van der Waals surface area contributed by atoms with E-state index in [1.54, 1.807) is 17.5 Å². The van der Waals surface area contributed by atoms with Crippen molar-refractivity contribution in [2.45, 2.75) is 19.3 Å². The Kier molecular flexibility index (Phi) is 5.59. The number of rotatable bonds is 6. The Morgan fingerprint density at radius 2 is 2.04 bits per heavy atom. The number of hydrogen-bond acceptors (Lipinski definition) is 5. The molecule has 0 bridgehead atoms. The summed E-state index contributed by atoms with van der Waals surface area (Å²) in [7, 11) is 3.73. The van der Waals surface area contributed by atoms with Crippen molar-refractivity contribution in [2.75, 3.05) is 33.7 Å². The standard InChI is InChI=1S/C16H26ClN5O/c1-5-19-21(4)20(3)12-14(17)13(2)22-10-7-16(8-11-22)6-9-18-15(16)23/h5,12,19H,1-2,6-11H2,3-4H3,(H,18,23)/b14-12+. The average molecular weight is 340 g/mol. The largest absolute Gasteiger partial charge is 0.371 e. The predicted molar refractivity (Wildman–Crippen MR) is 92.8 cm³/mol. The fourth-order valence-corrected chi connectivity index (χ4v) is 3.36. The highest BCUT2D eigenvalue weighted by Crippen LogP contribution is 2.39. The van der Waals surface area contributed by atoms with Gasteiger partial charge in [0.15, 0.2) is 0 Å². The Hall–Kier alpha value is -1.66. The minimum Gasteiger partial charge on any atom is -0.371 e. The highest BCUT2D eigenvalue weighted by atomic mass is 35.5. The molecule has 2 heterocycles. The van der Waals surface area contributed by atoms with E-state index in [-0.39, 0.29) is 11.3 Å². The molecule has 2 aliphatic rings. The van der Waals surface area contributed by atoms with Crippen molar-refractivity contribution in [3.05, 3.63) is 36.3 Å². The molecule has 128 valence electrons. The molecular weight excluding hydrogens is 314 g/mol. The first-order valence-corrected chi connectivity index (χ1v) is 8.21. The number of halogens is 1. The molecule has 1 spiro atoms. The molecular formula is C16H26ClN5O. The lowest BCUT2D eigenvalue weighted by atomic mass is 9.77. The van der Waals surface area contributed by atoms with Gasteiger partial charge in [-0.2, -0.15) is 0 Å². The van der Waals surface area contributed by atoms with Crippen LogP contribution >= 0.6 is 11.6 Å². The van der Waals surface area contributed by atoms with E-state index in [9.17, 15) is 4.79 Å². The number of piperidine rings is 1. The molecule has 2 saturated heterocycles. The van der Waals surface area contributed by atoms with Crippen LogP contribution in [-0.4, -0.2) is 54.7 Å². The summed E-state index contributed by atoms with van der Waals surface area (Å²) in [5.41, 5.74) is 3.56. The van der Waals surface area contributed by atoms with Crippen LogP contribution in [0.25, 0.3) is 0 Å². The third kappa shape index (κ3) is 3.82. The fourth-order valence-electron chi connectivity index (χ4n) is 3.10. The molecule has 23 heavy (non-hydrogen) atoms. The Balaban J connectivity index is 1.93. The lowest BCUT2D eigenvalue weighted by molar-refractivity contribution is -0.129. The van der Waals surface area contributed by atoms with E-state index in [1.807, 2.05) is 19.1 Å². The summed E-state index contributed by atoms with van der Waals surface area (Å²) in [5, 5.41) is 7.09. The molecule has 1 amide bonds. The summed E-state index contributed by atoms with van der Waals surface area (Å²) in [6.45, 7) is 10.1. The summed E-state index contributed by atoms with van der Waals surface area (Å²) < 4.78 is 0. The van der Waals surface area contributed by atoms with E-state index < -0.39 is 0 Å². The number of likely N-dealkylation sites (tertiary alicyclic amines) is 1. The van der Waals surface area contributed by atoms with Crippen molar-refractivity contribution in [3.8, 4) is 0 Å². The molecule has 2 fully saturated rings. The van der Waals surface area contributed by atoms with Crippen LogP contribution in [0.3, 0.4) is 0 Å². The van der Waals surface area contributed by atoms with Crippen LogP contribution in [0.2, 0.25) is 0 Å². The van der Waals surface area contributed by atoms with Gasteiger partial charge in [0.1, 0.15) is 0 Å². The van der Waals surface area contributed by atoms with E-state index in [0.717, 1.165) is 44.6 Å². The summed E-state index contributed by atoms with van der Waals surface area (Å²) in [6, 6.07) is 0. The van der Waals surface area contributed by atoms with Gasteiger partial charge in [-0.05, 0) is 19.3 Å². The van der Waals surface area contributed by atoms with Crippen molar-refractivity contribution >= 4 is 17.5 Å². The molecule has 6 nitrogen and oxygen atoms in total. The second-order valence-electron chi connectivity index (χ2n) is 6.13. The molecule has 0 atom stereocenters. The van der Waals surface area contributed by atoms with Gasteiger partial charge in [-0.3, -0.25) is 9.80 Å². The third-order valence-corrected chi connectivity index (χ3v) is 5.12. The Morgan fingerprint density at radius 3 is 2.57 bits per heavy atom. The SMILES string of the molecule is C=CNN(C)N(C)/C=C(/Cl)C(=C)N1CCC2(CCNC2=O)CC1. The van der Waals surface area contributed by atoms with Crippen molar-refractivity contribution in [1.82, 2.24) is 25.8 Å². The lowest BCUT2D eigenvalue weighted by Crippen LogP contribution is -2.43. The minimum absolute atomic E-state index is 0.169. The zero-order valence-corrected chi connectivity index (χ0v) is 14.7. The van der Waals surface area contributed by atoms with E-state index in [0.29, 0.717) is 5.03 Å². The number of nitrogens with one attached hydrogen (secondary N) is 2. The van der Waals surface area contributed by atoms with Crippen LogP contribution in [0, 0.1) is 5.41 Å². The van der Waals surface area contributed by atoms with Gasteiger partial charge in [-0.15, -0.1) is 5.12 Å². The molecule has 2 rings (SSSR count). The highest BCUT2D eigenvalue weighted by molar-refractivity contribution is 6.31. The van der Waals surface area contributed by atoms with Gasteiger partial charge >= 0.3 is 0 Å². The van der Waals surface area contributed by atoms with Crippen LogP contribution in [0.5, 0.6) is 0 Å². The number of hydrazine groups is 2. The van der Waals surface area contributed by atoms with E-state index in [2.05, 4.69) is 28.8 Å². The molecule has 0 aliphatic carbocycles. The number of nitrogens with zero attached hydrogens (tertiary/aromatic N) is 3.